The Morgan fingerprint density at radius 2 is 2.00 bits per heavy atom. The third-order valence-electron chi connectivity index (χ3n) is 2.29. The van der Waals surface area contributed by atoms with E-state index in [0.717, 1.165) is 9.92 Å². The van der Waals surface area contributed by atoms with Crippen molar-refractivity contribution in [2.45, 2.75) is 23.8 Å². The Labute approximate surface area is 105 Å². The summed E-state index contributed by atoms with van der Waals surface area (Å²) in [6.45, 7) is 4.15. The van der Waals surface area contributed by atoms with E-state index in [1.807, 2.05) is 6.07 Å². The van der Waals surface area contributed by atoms with Crippen molar-refractivity contribution in [1.82, 2.24) is 9.97 Å². The Kier molecular flexibility index (Phi) is 3.40. The fourth-order valence-corrected chi connectivity index (χ4v) is 2.25. The van der Waals surface area contributed by atoms with Gasteiger partial charge in [0.05, 0.1) is 12.4 Å². The molecular weight excluding hydrogens is 230 g/mol. The van der Waals surface area contributed by atoms with Crippen molar-refractivity contribution in [3.05, 3.63) is 47.4 Å². The summed E-state index contributed by atoms with van der Waals surface area (Å²) >= 11 is 1.56. The average molecular weight is 241 g/mol. The van der Waals surface area contributed by atoms with Crippen LogP contribution >= 0.6 is 11.8 Å². The summed E-state index contributed by atoms with van der Waals surface area (Å²) in [5.41, 5.74) is 2.81. The van der Waals surface area contributed by atoms with Crippen LogP contribution in [0.15, 0.2) is 40.5 Å². The second kappa shape index (κ2) is 4.98. The van der Waals surface area contributed by atoms with Gasteiger partial charge in [0.1, 0.15) is 11.1 Å². The number of nitriles is 1. The summed E-state index contributed by atoms with van der Waals surface area (Å²) in [6, 6.07) is 8.25. The van der Waals surface area contributed by atoms with E-state index in [4.69, 9.17) is 5.26 Å². The molecule has 0 aliphatic heterocycles. The first-order valence-corrected chi connectivity index (χ1v) is 5.98. The van der Waals surface area contributed by atoms with Gasteiger partial charge >= 0.3 is 0 Å². The van der Waals surface area contributed by atoms with Crippen molar-refractivity contribution < 1.29 is 0 Å². The van der Waals surface area contributed by atoms with E-state index in [2.05, 4.69) is 42.0 Å². The Morgan fingerprint density at radius 3 is 2.59 bits per heavy atom. The quantitative estimate of drug-likeness (QED) is 0.810. The Bertz CT molecular complexity index is 570. The number of aromatic nitrogens is 2. The normalized spacial score (nSPS) is 9.94. The second-order valence-corrected chi connectivity index (χ2v) is 4.78. The monoisotopic (exact) mass is 241 g/mol. The zero-order chi connectivity index (χ0) is 12.3. The van der Waals surface area contributed by atoms with Crippen LogP contribution in [0.3, 0.4) is 0 Å². The fourth-order valence-electron chi connectivity index (χ4n) is 1.45. The highest BCUT2D eigenvalue weighted by Gasteiger charge is 2.03. The predicted octanol–water partition coefficient (Wildman–Crippen LogP) is 3.12. The van der Waals surface area contributed by atoms with Gasteiger partial charge < -0.3 is 0 Å². The number of nitrogens with zero attached hydrogens (tertiary/aromatic N) is 3. The molecule has 84 valence electrons. The summed E-state index contributed by atoms with van der Waals surface area (Å²) in [5, 5.41) is 9.44. The molecule has 2 rings (SSSR count). The lowest BCUT2D eigenvalue weighted by molar-refractivity contribution is 1.03. The molecule has 0 N–H and O–H groups in total. The highest BCUT2D eigenvalue weighted by Crippen LogP contribution is 2.28. The molecule has 0 saturated carbocycles. The van der Waals surface area contributed by atoms with Crippen LogP contribution in [0.25, 0.3) is 0 Å². The zero-order valence-corrected chi connectivity index (χ0v) is 10.5. The van der Waals surface area contributed by atoms with Crippen molar-refractivity contribution in [3.8, 4) is 6.07 Å². The first kappa shape index (κ1) is 11.6. The van der Waals surface area contributed by atoms with E-state index in [-0.39, 0.29) is 0 Å². The highest BCUT2D eigenvalue weighted by molar-refractivity contribution is 7.99. The van der Waals surface area contributed by atoms with Gasteiger partial charge in [-0.1, -0.05) is 29.5 Å². The van der Waals surface area contributed by atoms with Crippen LogP contribution in [0.2, 0.25) is 0 Å². The first-order chi connectivity index (χ1) is 8.19. The van der Waals surface area contributed by atoms with Crippen molar-refractivity contribution in [2.24, 2.45) is 0 Å². The Balaban J connectivity index is 2.23. The smallest absolute Gasteiger partial charge is 0.158 e. The van der Waals surface area contributed by atoms with Gasteiger partial charge in [0.2, 0.25) is 0 Å². The molecule has 1 aromatic heterocycles. The number of benzene rings is 1. The molecule has 0 bridgehead atoms. The average Bonchev–Trinajstić information content (AvgIpc) is 2.34. The Hall–Kier alpha value is -1.86. The molecule has 3 nitrogen and oxygen atoms in total. The predicted molar refractivity (Wildman–Crippen MR) is 66.8 cm³/mol. The summed E-state index contributed by atoms with van der Waals surface area (Å²) < 4.78 is 0. The maximum absolute atomic E-state index is 8.63. The van der Waals surface area contributed by atoms with Gasteiger partial charge in [0, 0.05) is 4.90 Å². The number of hydrogen-bond donors (Lipinski definition) is 0. The van der Waals surface area contributed by atoms with E-state index < -0.39 is 0 Å². The van der Waals surface area contributed by atoms with Crippen molar-refractivity contribution in [3.63, 3.8) is 0 Å². The highest BCUT2D eigenvalue weighted by atomic mass is 32.2. The third-order valence-corrected chi connectivity index (χ3v) is 3.39. The SMILES string of the molecule is Cc1ccc(Sc2cnc(C#N)cn2)c(C)c1. The molecular formula is C13H11N3S. The van der Waals surface area contributed by atoms with Gasteiger partial charge in [0.15, 0.2) is 5.69 Å². The minimum Gasteiger partial charge on any atom is -0.245 e. The minimum absolute atomic E-state index is 0.343. The molecule has 0 spiro atoms. The van der Waals surface area contributed by atoms with E-state index in [1.54, 1.807) is 18.0 Å². The summed E-state index contributed by atoms with van der Waals surface area (Å²) in [7, 11) is 0. The van der Waals surface area contributed by atoms with E-state index in [9.17, 15) is 0 Å². The molecule has 4 heteroatoms. The summed E-state index contributed by atoms with van der Waals surface area (Å²) in [5.74, 6) is 0. The summed E-state index contributed by atoms with van der Waals surface area (Å²) in [4.78, 5) is 9.34. The van der Waals surface area contributed by atoms with Crippen LogP contribution in [0, 0.1) is 25.2 Å². The van der Waals surface area contributed by atoms with Gasteiger partial charge in [-0.2, -0.15) is 5.26 Å². The molecule has 0 aliphatic rings. The van der Waals surface area contributed by atoms with Crippen LogP contribution in [0.4, 0.5) is 0 Å². The van der Waals surface area contributed by atoms with Crippen molar-refractivity contribution >= 4 is 11.8 Å². The molecule has 0 atom stereocenters. The maximum atomic E-state index is 8.63. The zero-order valence-electron chi connectivity index (χ0n) is 9.64. The molecule has 0 aliphatic carbocycles. The number of aryl methyl sites for hydroxylation is 2. The van der Waals surface area contributed by atoms with Gasteiger partial charge in [-0.15, -0.1) is 0 Å². The van der Waals surface area contributed by atoms with Crippen LogP contribution in [-0.4, -0.2) is 9.97 Å². The number of hydrogen-bond acceptors (Lipinski definition) is 4. The van der Waals surface area contributed by atoms with E-state index in [0.29, 0.717) is 5.69 Å². The molecule has 0 fully saturated rings. The maximum Gasteiger partial charge on any atom is 0.158 e. The van der Waals surface area contributed by atoms with Crippen LogP contribution < -0.4 is 0 Å². The van der Waals surface area contributed by atoms with Gasteiger partial charge in [0.25, 0.3) is 0 Å². The molecule has 17 heavy (non-hydrogen) atoms. The van der Waals surface area contributed by atoms with Crippen LogP contribution in [0.1, 0.15) is 16.8 Å². The third kappa shape index (κ3) is 2.83. The lowest BCUT2D eigenvalue weighted by atomic mass is 10.2. The fraction of sp³-hybridized carbons (Fsp3) is 0.154. The van der Waals surface area contributed by atoms with Crippen LogP contribution in [-0.2, 0) is 0 Å². The summed E-state index contributed by atoms with van der Waals surface area (Å²) in [6.07, 6.45) is 3.12. The van der Waals surface area contributed by atoms with Gasteiger partial charge in [-0.3, -0.25) is 0 Å². The first-order valence-electron chi connectivity index (χ1n) is 5.16. The van der Waals surface area contributed by atoms with E-state index >= 15 is 0 Å². The van der Waals surface area contributed by atoms with Crippen molar-refractivity contribution in [1.29, 1.82) is 5.26 Å². The Morgan fingerprint density at radius 1 is 1.18 bits per heavy atom. The largest absolute Gasteiger partial charge is 0.245 e. The molecule has 0 saturated heterocycles. The second-order valence-electron chi connectivity index (χ2n) is 3.72. The topological polar surface area (TPSA) is 49.6 Å². The molecule has 1 heterocycles. The van der Waals surface area contributed by atoms with Gasteiger partial charge in [-0.05, 0) is 25.5 Å². The lowest BCUT2D eigenvalue weighted by Crippen LogP contribution is -1.88. The van der Waals surface area contributed by atoms with E-state index in [1.165, 1.54) is 17.3 Å². The molecule has 0 radical (unpaired) electrons. The molecule has 1 aromatic carbocycles. The lowest BCUT2D eigenvalue weighted by Gasteiger charge is -2.05. The minimum atomic E-state index is 0.343. The van der Waals surface area contributed by atoms with Crippen LogP contribution in [0.5, 0.6) is 0 Å². The molecule has 0 unspecified atom stereocenters. The number of rotatable bonds is 2. The standard InChI is InChI=1S/C13H11N3S/c1-9-3-4-12(10(2)5-9)17-13-8-15-11(6-14)7-16-13/h3-5,7-8H,1-2H3. The van der Waals surface area contributed by atoms with Gasteiger partial charge in [-0.25, -0.2) is 9.97 Å². The molecule has 2 aromatic rings. The molecule has 0 amide bonds. The van der Waals surface area contributed by atoms with Crippen molar-refractivity contribution in [2.75, 3.05) is 0 Å².